The molecule has 0 bridgehead atoms. The highest BCUT2D eigenvalue weighted by atomic mass is 35.5. The highest BCUT2D eigenvalue weighted by Crippen LogP contribution is 2.19. The number of aryl methyl sites for hydroxylation is 1. The topological polar surface area (TPSA) is 50.7 Å². The van der Waals surface area contributed by atoms with Gasteiger partial charge in [0.25, 0.3) is 0 Å². The van der Waals surface area contributed by atoms with Gasteiger partial charge in [-0.3, -0.25) is 0 Å². The number of rotatable bonds is 9. The van der Waals surface area contributed by atoms with Gasteiger partial charge in [-0.1, -0.05) is 17.7 Å². The molecule has 1 rings (SSSR count). The Morgan fingerprint density at radius 1 is 1.32 bits per heavy atom. The lowest BCUT2D eigenvalue weighted by Gasteiger charge is -2.15. The minimum atomic E-state index is -0.556. The van der Waals surface area contributed by atoms with Gasteiger partial charge < -0.3 is 19.9 Å². The first-order chi connectivity index (χ1) is 9.13. The second kappa shape index (κ2) is 9.15. The summed E-state index contributed by atoms with van der Waals surface area (Å²) in [6.07, 6.45) is -0.556. The summed E-state index contributed by atoms with van der Waals surface area (Å²) in [7, 11) is 0. The van der Waals surface area contributed by atoms with E-state index in [0.29, 0.717) is 38.0 Å². The molecule has 0 fully saturated rings. The van der Waals surface area contributed by atoms with Crippen LogP contribution >= 0.6 is 11.6 Å². The van der Waals surface area contributed by atoms with E-state index in [1.54, 1.807) is 0 Å². The number of hydrogen-bond acceptors (Lipinski definition) is 4. The molecule has 0 aliphatic carbocycles. The minimum absolute atomic E-state index is 0.291. The van der Waals surface area contributed by atoms with Gasteiger partial charge >= 0.3 is 0 Å². The van der Waals surface area contributed by atoms with Crippen LogP contribution in [0, 0.1) is 6.92 Å². The van der Waals surface area contributed by atoms with Crippen molar-refractivity contribution in [1.82, 2.24) is 0 Å². The summed E-state index contributed by atoms with van der Waals surface area (Å²) < 4.78 is 10.4. The fraction of sp³-hybridized carbons (Fsp3) is 0.571. The van der Waals surface area contributed by atoms with Crippen molar-refractivity contribution in [3.8, 4) is 0 Å². The van der Waals surface area contributed by atoms with Crippen molar-refractivity contribution >= 4 is 17.3 Å². The van der Waals surface area contributed by atoms with Gasteiger partial charge in [0.15, 0.2) is 0 Å². The maximum absolute atomic E-state index is 9.77. The van der Waals surface area contributed by atoms with E-state index >= 15 is 0 Å². The number of hydrogen-bond donors (Lipinski definition) is 2. The summed E-state index contributed by atoms with van der Waals surface area (Å²) in [4.78, 5) is 0. The van der Waals surface area contributed by atoms with E-state index in [1.165, 1.54) is 0 Å². The molecule has 1 atom stereocenters. The van der Waals surface area contributed by atoms with Crippen molar-refractivity contribution in [2.75, 3.05) is 38.3 Å². The number of benzene rings is 1. The van der Waals surface area contributed by atoms with Gasteiger partial charge in [0, 0.05) is 23.9 Å². The summed E-state index contributed by atoms with van der Waals surface area (Å²) in [5, 5.41) is 13.6. The molecule has 1 aromatic carbocycles. The molecule has 4 nitrogen and oxygen atoms in total. The lowest BCUT2D eigenvalue weighted by molar-refractivity contribution is 0.0103. The van der Waals surface area contributed by atoms with Crippen LogP contribution in [0.2, 0.25) is 5.02 Å². The Kier molecular flexibility index (Phi) is 7.82. The molecule has 19 heavy (non-hydrogen) atoms. The van der Waals surface area contributed by atoms with Crippen LogP contribution in [0.4, 0.5) is 5.69 Å². The van der Waals surface area contributed by atoms with Crippen LogP contribution in [0.3, 0.4) is 0 Å². The zero-order valence-corrected chi connectivity index (χ0v) is 12.2. The molecule has 0 aromatic heterocycles. The van der Waals surface area contributed by atoms with Crippen molar-refractivity contribution < 1.29 is 14.6 Å². The van der Waals surface area contributed by atoms with E-state index in [2.05, 4.69) is 5.32 Å². The molecule has 5 heteroatoms. The van der Waals surface area contributed by atoms with Gasteiger partial charge in [-0.05, 0) is 31.5 Å². The number of ether oxygens (including phenoxy) is 2. The molecule has 0 radical (unpaired) electrons. The number of anilines is 1. The minimum Gasteiger partial charge on any atom is -0.389 e. The zero-order chi connectivity index (χ0) is 14.1. The van der Waals surface area contributed by atoms with E-state index in [9.17, 15) is 5.11 Å². The maximum atomic E-state index is 9.77. The van der Waals surface area contributed by atoms with E-state index in [1.807, 2.05) is 32.0 Å². The fourth-order valence-corrected chi connectivity index (χ4v) is 1.73. The second-order valence-electron chi connectivity index (χ2n) is 4.27. The molecular weight excluding hydrogens is 266 g/mol. The van der Waals surface area contributed by atoms with Crippen LogP contribution in [-0.4, -0.2) is 44.2 Å². The fourth-order valence-electron chi connectivity index (χ4n) is 1.55. The lowest BCUT2D eigenvalue weighted by atomic mass is 10.2. The first-order valence-corrected chi connectivity index (χ1v) is 6.85. The Morgan fingerprint density at radius 3 is 2.79 bits per heavy atom. The number of halogens is 1. The van der Waals surface area contributed by atoms with Crippen molar-refractivity contribution in [1.29, 1.82) is 0 Å². The average molecular weight is 288 g/mol. The highest BCUT2D eigenvalue weighted by molar-refractivity contribution is 6.30. The van der Waals surface area contributed by atoms with Gasteiger partial charge in [0.1, 0.15) is 0 Å². The number of nitrogens with one attached hydrogen (secondary N) is 1. The molecule has 1 unspecified atom stereocenters. The van der Waals surface area contributed by atoms with Gasteiger partial charge in [0.2, 0.25) is 0 Å². The van der Waals surface area contributed by atoms with Crippen LogP contribution in [0.25, 0.3) is 0 Å². The Bertz CT molecular complexity index is 374. The van der Waals surface area contributed by atoms with Crippen molar-refractivity contribution in [2.24, 2.45) is 0 Å². The average Bonchev–Trinajstić information content (AvgIpc) is 2.39. The quantitative estimate of drug-likeness (QED) is 0.685. The summed E-state index contributed by atoms with van der Waals surface area (Å²) in [5.41, 5.74) is 2.02. The van der Waals surface area contributed by atoms with E-state index < -0.39 is 6.10 Å². The van der Waals surface area contributed by atoms with Gasteiger partial charge in [-0.25, -0.2) is 0 Å². The van der Waals surface area contributed by atoms with Gasteiger partial charge in [0.05, 0.1) is 25.9 Å². The monoisotopic (exact) mass is 287 g/mol. The molecule has 0 saturated heterocycles. The van der Waals surface area contributed by atoms with Gasteiger partial charge in [-0.15, -0.1) is 0 Å². The third-order valence-corrected chi connectivity index (χ3v) is 2.85. The van der Waals surface area contributed by atoms with Crippen LogP contribution in [-0.2, 0) is 9.47 Å². The summed E-state index contributed by atoms with van der Waals surface area (Å²) in [5.74, 6) is 0. The summed E-state index contributed by atoms with van der Waals surface area (Å²) >= 11 is 5.92. The molecule has 0 aliphatic heterocycles. The van der Waals surface area contributed by atoms with Crippen molar-refractivity contribution in [3.05, 3.63) is 28.8 Å². The van der Waals surface area contributed by atoms with Gasteiger partial charge in [-0.2, -0.15) is 0 Å². The molecule has 108 valence electrons. The first-order valence-electron chi connectivity index (χ1n) is 6.47. The number of aliphatic hydroxyl groups is 1. The third-order valence-electron chi connectivity index (χ3n) is 2.61. The predicted molar refractivity (Wildman–Crippen MR) is 78.0 cm³/mol. The standard InChI is InChI=1S/C14H22ClNO3/c1-3-18-6-7-19-10-13(17)9-16-14-8-12(15)5-4-11(14)2/h4-5,8,13,16-17H,3,6-7,9-10H2,1-2H3. The highest BCUT2D eigenvalue weighted by Gasteiger charge is 2.05. The third kappa shape index (κ3) is 6.78. The van der Waals surface area contributed by atoms with Crippen LogP contribution in [0.1, 0.15) is 12.5 Å². The smallest absolute Gasteiger partial charge is 0.0945 e. The van der Waals surface area contributed by atoms with Crippen molar-refractivity contribution in [2.45, 2.75) is 20.0 Å². The Labute approximate surface area is 119 Å². The molecule has 0 amide bonds. The molecular formula is C14H22ClNO3. The Balaban J connectivity index is 2.22. The van der Waals surface area contributed by atoms with Crippen LogP contribution in [0.5, 0.6) is 0 Å². The predicted octanol–water partition coefficient (Wildman–Crippen LogP) is 2.47. The molecule has 0 aliphatic rings. The molecule has 0 spiro atoms. The molecule has 1 aromatic rings. The molecule has 0 saturated carbocycles. The molecule has 2 N–H and O–H groups in total. The number of aliphatic hydroxyl groups excluding tert-OH is 1. The normalized spacial score (nSPS) is 12.4. The van der Waals surface area contributed by atoms with E-state index in [-0.39, 0.29) is 0 Å². The maximum Gasteiger partial charge on any atom is 0.0945 e. The zero-order valence-electron chi connectivity index (χ0n) is 11.5. The second-order valence-corrected chi connectivity index (χ2v) is 4.70. The van der Waals surface area contributed by atoms with Crippen molar-refractivity contribution in [3.63, 3.8) is 0 Å². The first kappa shape index (κ1) is 16.2. The summed E-state index contributed by atoms with van der Waals surface area (Å²) in [6.45, 7) is 6.39. The van der Waals surface area contributed by atoms with E-state index in [0.717, 1.165) is 11.3 Å². The largest absolute Gasteiger partial charge is 0.389 e. The Morgan fingerprint density at radius 2 is 2.05 bits per heavy atom. The lowest BCUT2D eigenvalue weighted by Crippen LogP contribution is -2.25. The molecule has 0 heterocycles. The van der Waals surface area contributed by atoms with Crippen LogP contribution < -0.4 is 5.32 Å². The van der Waals surface area contributed by atoms with E-state index in [4.69, 9.17) is 21.1 Å². The van der Waals surface area contributed by atoms with Crippen LogP contribution in [0.15, 0.2) is 18.2 Å². The SMILES string of the molecule is CCOCCOCC(O)CNc1cc(Cl)ccc1C. The Hall–Kier alpha value is -0.810. The summed E-state index contributed by atoms with van der Waals surface area (Å²) in [6, 6.07) is 5.63.